The van der Waals surface area contributed by atoms with Crippen molar-refractivity contribution in [1.82, 2.24) is 4.98 Å². The average molecular weight is 211 g/mol. The number of aromatic nitrogens is 1. The zero-order valence-electron chi connectivity index (χ0n) is 9.18. The van der Waals surface area contributed by atoms with Crippen molar-refractivity contribution >= 4 is 5.78 Å². The first kappa shape index (κ1) is 10.6. The molecule has 0 aliphatic rings. The van der Waals surface area contributed by atoms with E-state index in [9.17, 15) is 4.79 Å². The molecule has 0 radical (unpaired) electrons. The molecule has 2 rings (SSSR count). The molecular formula is C14H13NO. The predicted octanol–water partition coefficient (Wildman–Crippen LogP) is 2.82. The molecule has 2 nitrogen and oxygen atoms in total. The molecule has 0 N–H and O–H groups in total. The highest BCUT2D eigenvalue weighted by molar-refractivity contribution is 5.97. The third-order valence-corrected chi connectivity index (χ3v) is 2.49. The van der Waals surface area contributed by atoms with Gasteiger partial charge in [-0.3, -0.25) is 9.78 Å². The monoisotopic (exact) mass is 211 g/mol. The Kier molecular flexibility index (Phi) is 3.10. The van der Waals surface area contributed by atoms with Crippen LogP contribution < -0.4 is 0 Å². The van der Waals surface area contributed by atoms with Gasteiger partial charge in [-0.1, -0.05) is 29.8 Å². The third-order valence-electron chi connectivity index (χ3n) is 2.49. The summed E-state index contributed by atoms with van der Waals surface area (Å²) in [6, 6.07) is 11.4. The highest BCUT2D eigenvalue weighted by atomic mass is 16.1. The molecule has 1 aromatic carbocycles. The summed E-state index contributed by atoms with van der Waals surface area (Å²) in [5.74, 6) is 0.145. The Morgan fingerprint density at radius 1 is 1.06 bits per heavy atom. The maximum atomic E-state index is 11.9. The summed E-state index contributed by atoms with van der Waals surface area (Å²) >= 11 is 0. The number of hydrogen-bond acceptors (Lipinski definition) is 2. The van der Waals surface area contributed by atoms with Crippen LogP contribution in [0.25, 0.3) is 0 Å². The second-order valence-corrected chi connectivity index (χ2v) is 3.82. The highest BCUT2D eigenvalue weighted by Crippen LogP contribution is 2.08. The van der Waals surface area contributed by atoms with Crippen LogP contribution in [0.3, 0.4) is 0 Å². The van der Waals surface area contributed by atoms with Gasteiger partial charge in [-0.15, -0.1) is 0 Å². The van der Waals surface area contributed by atoms with E-state index in [0.717, 1.165) is 11.1 Å². The number of nitrogens with zero attached hydrogens (tertiary/aromatic N) is 1. The molecule has 1 heterocycles. The van der Waals surface area contributed by atoms with Crippen molar-refractivity contribution in [3.63, 3.8) is 0 Å². The first-order valence-corrected chi connectivity index (χ1v) is 5.24. The van der Waals surface area contributed by atoms with Gasteiger partial charge in [-0.2, -0.15) is 0 Å². The van der Waals surface area contributed by atoms with Crippen LogP contribution in [0, 0.1) is 6.92 Å². The topological polar surface area (TPSA) is 30.0 Å². The van der Waals surface area contributed by atoms with E-state index < -0.39 is 0 Å². The summed E-state index contributed by atoms with van der Waals surface area (Å²) in [6.07, 6.45) is 3.85. The van der Waals surface area contributed by atoms with Gasteiger partial charge in [0.05, 0.1) is 0 Å². The molecule has 0 bridgehead atoms. The van der Waals surface area contributed by atoms with E-state index in [-0.39, 0.29) is 5.78 Å². The molecule has 0 fully saturated rings. The fraction of sp³-hybridized carbons (Fsp3) is 0.143. The van der Waals surface area contributed by atoms with Gasteiger partial charge in [0.25, 0.3) is 0 Å². The van der Waals surface area contributed by atoms with Crippen LogP contribution >= 0.6 is 0 Å². The van der Waals surface area contributed by atoms with Gasteiger partial charge in [0.2, 0.25) is 0 Å². The van der Waals surface area contributed by atoms with E-state index in [1.54, 1.807) is 12.4 Å². The van der Waals surface area contributed by atoms with Crippen LogP contribution in [0.1, 0.15) is 21.5 Å². The van der Waals surface area contributed by atoms with E-state index in [0.29, 0.717) is 6.42 Å². The molecule has 0 spiro atoms. The number of Topliss-reactive ketones (excluding diaryl/α,β-unsaturated/α-hetero) is 1. The Morgan fingerprint density at radius 2 is 1.69 bits per heavy atom. The number of pyridine rings is 1. The third kappa shape index (κ3) is 2.54. The first-order valence-electron chi connectivity index (χ1n) is 5.24. The molecule has 0 atom stereocenters. The largest absolute Gasteiger partial charge is 0.294 e. The number of carbonyl (C=O) groups is 1. The summed E-state index contributed by atoms with van der Waals surface area (Å²) in [5.41, 5.74) is 2.93. The number of ketones is 1. The molecule has 0 aliphatic carbocycles. The maximum absolute atomic E-state index is 11.9. The summed E-state index contributed by atoms with van der Waals surface area (Å²) in [6.45, 7) is 2.01. The smallest absolute Gasteiger partial charge is 0.167 e. The van der Waals surface area contributed by atoms with Gasteiger partial charge in [-0.05, 0) is 24.6 Å². The molecule has 0 unspecified atom stereocenters. The number of aryl methyl sites for hydroxylation is 1. The number of rotatable bonds is 3. The second-order valence-electron chi connectivity index (χ2n) is 3.82. The van der Waals surface area contributed by atoms with Crippen LogP contribution in [0.4, 0.5) is 0 Å². The highest BCUT2D eigenvalue weighted by Gasteiger charge is 2.05. The SMILES string of the molecule is Cc1ccc(C(=O)Cc2ccncc2)cc1. The number of hydrogen-bond donors (Lipinski definition) is 0. The summed E-state index contributed by atoms with van der Waals surface area (Å²) in [5, 5.41) is 0. The van der Waals surface area contributed by atoms with Gasteiger partial charge in [0.1, 0.15) is 0 Å². The van der Waals surface area contributed by atoms with E-state index in [2.05, 4.69) is 4.98 Å². The van der Waals surface area contributed by atoms with E-state index >= 15 is 0 Å². The minimum absolute atomic E-state index is 0.145. The van der Waals surface area contributed by atoms with E-state index in [1.165, 1.54) is 5.56 Å². The molecule has 16 heavy (non-hydrogen) atoms. The summed E-state index contributed by atoms with van der Waals surface area (Å²) in [7, 11) is 0. The Morgan fingerprint density at radius 3 is 2.31 bits per heavy atom. The molecular weight excluding hydrogens is 198 g/mol. The van der Waals surface area contributed by atoms with Crippen molar-refractivity contribution in [2.75, 3.05) is 0 Å². The molecule has 1 aromatic heterocycles. The lowest BCUT2D eigenvalue weighted by Crippen LogP contribution is -2.03. The lowest BCUT2D eigenvalue weighted by molar-refractivity contribution is 0.0993. The van der Waals surface area contributed by atoms with Crippen molar-refractivity contribution in [2.45, 2.75) is 13.3 Å². The molecule has 0 amide bonds. The lowest BCUT2D eigenvalue weighted by Gasteiger charge is -2.01. The Labute approximate surface area is 95.0 Å². The number of carbonyl (C=O) groups excluding carboxylic acids is 1. The standard InChI is InChI=1S/C14H13NO/c1-11-2-4-13(5-3-11)14(16)10-12-6-8-15-9-7-12/h2-9H,10H2,1H3. The van der Waals surface area contributed by atoms with Crippen molar-refractivity contribution in [3.05, 3.63) is 65.5 Å². The van der Waals surface area contributed by atoms with Crippen molar-refractivity contribution in [3.8, 4) is 0 Å². The maximum Gasteiger partial charge on any atom is 0.167 e. The van der Waals surface area contributed by atoms with Gasteiger partial charge >= 0.3 is 0 Å². The summed E-state index contributed by atoms with van der Waals surface area (Å²) in [4.78, 5) is 15.8. The quantitative estimate of drug-likeness (QED) is 0.731. The normalized spacial score (nSPS) is 10.1. The minimum atomic E-state index is 0.145. The summed E-state index contributed by atoms with van der Waals surface area (Å²) < 4.78 is 0. The zero-order valence-corrected chi connectivity index (χ0v) is 9.18. The first-order chi connectivity index (χ1) is 7.75. The van der Waals surface area contributed by atoms with Crippen molar-refractivity contribution in [1.29, 1.82) is 0 Å². The van der Waals surface area contributed by atoms with Crippen molar-refractivity contribution in [2.24, 2.45) is 0 Å². The van der Waals surface area contributed by atoms with Crippen molar-refractivity contribution < 1.29 is 4.79 Å². The Hall–Kier alpha value is -1.96. The fourth-order valence-electron chi connectivity index (χ4n) is 1.53. The zero-order chi connectivity index (χ0) is 11.4. The van der Waals surface area contributed by atoms with Crippen LogP contribution in [0.15, 0.2) is 48.8 Å². The minimum Gasteiger partial charge on any atom is -0.294 e. The average Bonchev–Trinajstić information content (AvgIpc) is 2.31. The molecule has 0 aliphatic heterocycles. The van der Waals surface area contributed by atoms with Crippen LogP contribution in [-0.2, 0) is 6.42 Å². The predicted molar refractivity (Wildman–Crippen MR) is 63.5 cm³/mol. The van der Waals surface area contributed by atoms with Crippen LogP contribution in [-0.4, -0.2) is 10.8 Å². The Balaban J connectivity index is 2.12. The van der Waals surface area contributed by atoms with Gasteiger partial charge in [-0.25, -0.2) is 0 Å². The van der Waals surface area contributed by atoms with Crippen LogP contribution in [0.2, 0.25) is 0 Å². The number of benzene rings is 1. The fourth-order valence-corrected chi connectivity index (χ4v) is 1.53. The van der Waals surface area contributed by atoms with Gasteiger partial charge in [0.15, 0.2) is 5.78 Å². The second kappa shape index (κ2) is 4.71. The van der Waals surface area contributed by atoms with Gasteiger partial charge < -0.3 is 0 Å². The van der Waals surface area contributed by atoms with Gasteiger partial charge in [0, 0.05) is 24.4 Å². The molecule has 0 saturated heterocycles. The molecule has 2 aromatic rings. The molecule has 80 valence electrons. The van der Waals surface area contributed by atoms with E-state index in [4.69, 9.17) is 0 Å². The molecule has 0 saturated carbocycles. The molecule has 2 heteroatoms. The lowest BCUT2D eigenvalue weighted by atomic mass is 10.0. The van der Waals surface area contributed by atoms with Crippen LogP contribution in [0.5, 0.6) is 0 Å². The van der Waals surface area contributed by atoms with E-state index in [1.807, 2.05) is 43.3 Å². The Bertz CT molecular complexity index is 474.